The summed E-state index contributed by atoms with van der Waals surface area (Å²) in [4.78, 5) is 23.5. The molecule has 0 aliphatic carbocycles. The monoisotopic (exact) mass is 350 g/mol. The molecule has 0 saturated carbocycles. The van der Waals surface area contributed by atoms with Crippen molar-refractivity contribution in [2.24, 2.45) is 0 Å². The maximum Gasteiger partial charge on any atom is 0.241 e. The summed E-state index contributed by atoms with van der Waals surface area (Å²) in [5.74, 6) is -0.106. The van der Waals surface area contributed by atoms with Crippen molar-refractivity contribution in [2.45, 2.75) is 13.5 Å². The van der Waals surface area contributed by atoms with Crippen LogP contribution in [0.2, 0.25) is 0 Å². The van der Waals surface area contributed by atoms with Gasteiger partial charge in [-0.1, -0.05) is 12.1 Å². The standard InChI is InChI=1S/C16H18N2O5S/c1-12(19)13-5-3-6-14(9-13)18(24(2,21)22)11-16(20)17-10-15-7-4-8-23-15/h3-9H,10-11H2,1-2H3,(H,17,20). The lowest BCUT2D eigenvalue weighted by Gasteiger charge is -2.22. The van der Waals surface area contributed by atoms with E-state index in [0.29, 0.717) is 11.3 Å². The molecule has 24 heavy (non-hydrogen) atoms. The number of sulfonamides is 1. The Morgan fingerprint density at radius 1 is 1.21 bits per heavy atom. The van der Waals surface area contributed by atoms with E-state index in [1.165, 1.54) is 25.3 Å². The molecule has 1 aromatic carbocycles. The number of hydrogen-bond acceptors (Lipinski definition) is 5. The molecule has 1 aromatic heterocycles. The summed E-state index contributed by atoms with van der Waals surface area (Å²) in [6.07, 6.45) is 2.49. The number of hydrogen-bond donors (Lipinski definition) is 1. The predicted octanol–water partition coefficient (Wildman–Crippen LogP) is 1.56. The summed E-state index contributed by atoms with van der Waals surface area (Å²) < 4.78 is 30.1. The van der Waals surface area contributed by atoms with E-state index < -0.39 is 15.9 Å². The van der Waals surface area contributed by atoms with Gasteiger partial charge in [0.05, 0.1) is 24.8 Å². The normalized spacial score (nSPS) is 11.1. The van der Waals surface area contributed by atoms with Gasteiger partial charge < -0.3 is 9.73 Å². The van der Waals surface area contributed by atoms with Crippen LogP contribution in [0.15, 0.2) is 47.1 Å². The second kappa shape index (κ2) is 7.31. The summed E-state index contributed by atoms with van der Waals surface area (Å²) in [7, 11) is -3.69. The van der Waals surface area contributed by atoms with Gasteiger partial charge in [-0.25, -0.2) is 8.42 Å². The van der Waals surface area contributed by atoms with Crippen LogP contribution in [0.5, 0.6) is 0 Å². The molecule has 0 fully saturated rings. The van der Waals surface area contributed by atoms with Crippen LogP contribution in [0, 0.1) is 0 Å². The number of nitrogens with one attached hydrogen (secondary N) is 1. The molecule has 1 amide bonds. The summed E-state index contributed by atoms with van der Waals surface area (Å²) in [6, 6.07) is 9.53. The van der Waals surface area contributed by atoms with Gasteiger partial charge in [-0.2, -0.15) is 0 Å². The molecule has 1 heterocycles. The van der Waals surface area contributed by atoms with Gasteiger partial charge >= 0.3 is 0 Å². The zero-order chi connectivity index (χ0) is 17.7. The smallest absolute Gasteiger partial charge is 0.241 e. The topological polar surface area (TPSA) is 96.7 Å². The average Bonchev–Trinajstić information content (AvgIpc) is 3.03. The van der Waals surface area contributed by atoms with Crippen molar-refractivity contribution in [1.82, 2.24) is 5.32 Å². The highest BCUT2D eigenvalue weighted by Crippen LogP contribution is 2.19. The lowest BCUT2D eigenvalue weighted by Crippen LogP contribution is -2.40. The van der Waals surface area contributed by atoms with E-state index in [4.69, 9.17) is 4.42 Å². The molecule has 2 aromatic rings. The van der Waals surface area contributed by atoms with Gasteiger partial charge in [0.15, 0.2) is 5.78 Å². The predicted molar refractivity (Wildman–Crippen MR) is 89.2 cm³/mol. The lowest BCUT2D eigenvalue weighted by molar-refractivity contribution is -0.119. The molecule has 0 atom stereocenters. The Balaban J connectivity index is 2.15. The molecule has 0 radical (unpaired) electrons. The average molecular weight is 350 g/mol. The quantitative estimate of drug-likeness (QED) is 0.765. The van der Waals surface area contributed by atoms with E-state index in [9.17, 15) is 18.0 Å². The summed E-state index contributed by atoms with van der Waals surface area (Å²) in [5, 5.41) is 2.59. The van der Waals surface area contributed by atoms with Crippen molar-refractivity contribution in [3.05, 3.63) is 54.0 Å². The minimum absolute atomic E-state index is 0.164. The Bertz CT molecular complexity index is 828. The van der Waals surface area contributed by atoms with Gasteiger partial charge in [-0.05, 0) is 31.2 Å². The zero-order valence-electron chi connectivity index (χ0n) is 13.4. The van der Waals surface area contributed by atoms with Gasteiger partial charge in [0.2, 0.25) is 15.9 Å². The fourth-order valence-electron chi connectivity index (χ4n) is 2.07. The molecule has 1 N–H and O–H groups in total. The number of amides is 1. The van der Waals surface area contributed by atoms with E-state index in [1.54, 1.807) is 24.3 Å². The van der Waals surface area contributed by atoms with Crippen molar-refractivity contribution >= 4 is 27.4 Å². The third-order valence-electron chi connectivity index (χ3n) is 3.27. The fraction of sp³-hybridized carbons (Fsp3) is 0.250. The Kier molecular flexibility index (Phi) is 5.40. The van der Waals surface area contributed by atoms with Crippen LogP contribution in [0.1, 0.15) is 23.0 Å². The third kappa shape index (κ3) is 4.69. The van der Waals surface area contributed by atoms with Crippen LogP contribution in [0.4, 0.5) is 5.69 Å². The van der Waals surface area contributed by atoms with Crippen LogP contribution in [0.3, 0.4) is 0 Å². The van der Waals surface area contributed by atoms with Crippen molar-refractivity contribution in [2.75, 3.05) is 17.1 Å². The molecule has 2 rings (SSSR count). The molecule has 0 spiro atoms. The number of Topliss-reactive ketones (excluding diaryl/α,β-unsaturated/α-hetero) is 1. The van der Waals surface area contributed by atoms with E-state index in [-0.39, 0.29) is 24.6 Å². The first kappa shape index (κ1) is 17.7. The van der Waals surface area contributed by atoms with Crippen LogP contribution >= 0.6 is 0 Å². The lowest BCUT2D eigenvalue weighted by atomic mass is 10.1. The van der Waals surface area contributed by atoms with E-state index in [0.717, 1.165) is 10.6 Å². The van der Waals surface area contributed by atoms with Gasteiger partial charge in [-0.15, -0.1) is 0 Å². The Hall–Kier alpha value is -2.61. The molecular formula is C16H18N2O5S. The van der Waals surface area contributed by atoms with E-state index >= 15 is 0 Å². The van der Waals surface area contributed by atoms with Gasteiger partial charge in [0.25, 0.3) is 0 Å². The SMILES string of the molecule is CC(=O)c1cccc(N(CC(=O)NCc2ccco2)S(C)(=O)=O)c1. The number of furan rings is 1. The fourth-order valence-corrected chi connectivity index (χ4v) is 2.91. The second-order valence-corrected chi connectivity index (χ2v) is 7.14. The first-order valence-corrected chi connectivity index (χ1v) is 9.00. The highest BCUT2D eigenvalue weighted by atomic mass is 32.2. The number of anilines is 1. The van der Waals surface area contributed by atoms with E-state index in [1.807, 2.05) is 0 Å². The highest BCUT2D eigenvalue weighted by molar-refractivity contribution is 7.92. The third-order valence-corrected chi connectivity index (χ3v) is 4.41. The molecule has 0 unspecified atom stereocenters. The first-order chi connectivity index (χ1) is 11.3. The molecule has 0 saturated heterocycles. The largest absolute Gasteiger partial charge is 0.467 e. The number of carbonyl (C=O) groups is 2. The molecule has 0 aliphatic rings. The number of ketones is 1. The highest BCUT2D eigenvalue weighted by Gasteiger charge is 2.21. The summed E-state index contributed by atoms with van der Waals surface area (Å²) >= 11 is 0. The summed E-state index contributed by atoms with van der Waals surface area (Å²) in [6.45, 7) is 1.16. The molecular weight excluding hydrogens is 332 g/mol. The van der Waals surface area contributed by atoms with Crippen LogP contribution in [0.25, 0.3) is 0 Å². The van der Waals surface area contributed by atoms with Crippen LogP contribution in [-0.4, -0.2) is 32.9 Å². The van der Waals surface area contributed by atoms with Crippen molar-refractivity contribution in [3.8, 4) is 0 Å². The first-order valence-electron chi connectivity index (χ1n) is 7.15. The maximum absolute atomic E-state index is 12.1. The van der Waals surface area contributed by atoms with Crippen molar-refractivity contribution < 1.29 is 22.4 Å². The number of benzene rings is 1. The van der Waals surface area contributed by atoms with Gasteiger partial charge in [0.1, 0.15) is 12.3 Å². The van der Waals surface area contributed by atoms with E-state index in [2.05, 4.69) is 5.32 Å². The van der Waals surface area contributed by atoms with Crippen molar-refractivity contribution in [3.63, 3.8) is 0 Å². The molecule has 7 nitrogen and oxygen atoms in total. The maximum atomic E-state index is 12.1. The summed E-state index contributed by atoms with van der Waals surface area (Å²) in [5.41, 5.74) is 0.635. The molecule has 8 heteroatoms. The Morgan fingerprint density at radius 2 is 1.96 bits per heavy atom. The van der Waals surface area contributed by atoms with Crippen LogP contribution < -0.4 is 9.62 Å². The number of rotatable bonds is 7. The second-order valence-electron chi connectivity index (χ2n) is 5.23. The minimum Gasteiger partial charge on any atom is -0.467 e. The van der Waals surface area contributed by atoms with Crippen molar-refractivity contribution in [1.29, 1.82) is 0 Å². The zero-order valence-corrected chi connectivity index (χ0v) is 14.2. The molecule has 0 bridgehead atoms. The van der Waals surface area contributed by atoms with Gasteiger partial charge in [-0.3, -0.25) is 13.9 Å². The molecule has 0 aliphatic heterocycles. The Morgan fingerprint density at radius 3 is 2.54 bits per heavy atom. The Labute approximate surface area is 140 Å². The minimum atomic E-state index is -3.69. The number of nitrogens with zero attached hydrogens (tertiary/aromatic N) is 1. The number of carbonyl (C=O) groups excluding carboxylic acids is 2. The van der Waals surface area contributed by atoms with Gasteiger partial charge in [0, 0.05) is 5.56 Å². The molecule has 128 valence electrons. The van der Waals surface area contributed by atoms with Crippen LogP contribution in [-0.2, 0) is 21.4 Å².